The molecule has 168 valence electrons. The number of nitrogens with one attached hydrogen (secondary N) is 1. The lowest BCUT2D eigenvalue weighted by Gasteiger charge is -2.14. The molecule has 1 amide bonds. The molecule has 0 atom stereocenters. The van der Waals surface area contributed by atoms with Gasteiger partial charge < -0.3 is 5.32 Å². The number of fused-ring (bicyclic) bond motifs is 2. The maximum absolute atomic E-state index is 13.3. The molecule has 7 heteroatoms. The van der Waals surface area contributed by atoms with Crippen molar-refractivity contribution in [3.05, 3.63) is 118 Å². The maximum atomic E-state index is 13.3. The van der Waals surface area contributed by atoms with E-state index in [4.69, 9.17) is 0 Å². The third-order valence-corrected chi connectivity index (χ3v) is 5.82. The van der Waals surface area contributed by atoms with Crippen molar-refractivity contribution in [1.82, 2.24) is 14.1 Å². The smallest absolute Gasteiger partial charge is 0.324 e. The number of amides is 1. The van der Waals surface area contributed by atoms with Crippen molar-refractivity contribution in [2.75, 3.05) is 5.32 Å². The van der Waals surface area contributed by atoms with Crippen LogP contribution < -0.4 is 16.6 Å². The average Bonchev–Trinajstić information content (AvgIpc) is 2.87. The molecule has 0 unspecified atom stereocenters. The monoisotopic (exact) mass is 450 g/mol. The summed E-state index contributed by atoms with van der Waals surface area (Å²) < 4.78 is 2.47. The first-order valence-corrected chi connectivity index (χ1v) is 11.0. The van der Waals surface area contributed by atoms with Gasteiger partial charge in [-0.15, -0.1) is 0 Å². The van der Waals surface area contributed by atoms with E-state index in [2.05, 4.69) is 10.3 Å². The van der Waals surface area contributed by atoms with Crippen molar-refractivity contribution in [3.8, 4) is 0 Å². The van der Waals surface area contributed by atoms with E-state index in [-0.39, 0.29) is 24.5 Å². The van der Waals surface area contributed by atoms with Crippen LogP contribution in [0.2, 0.25) is 0 Å². The van der Waals surface area contributed by atoms with Gasteiger partial charge in [0.1, 0.15) is 6.54 Å². The van der Waals surface area contributed by atoms with Gasteiger partial charge in [0.05, 0.1) is 5.52 Å². The SMILES string of the molecule is O=C(Cn1c(=O)n(CCc2ccccc2)c(=O)c2ncccc21)Nc1cccc2ccccc12. The van der Waals surface area contributed by atoms with E-state index in [0.29, 0.717) is 17.6 Å². The summed E-state index contributed by atoms with van der Waals surface area (Å²) in [5.41, 5.74) is 1.18. The van der Waals surface area contributed by atoms with Crippen LogP contribution in [-0.2, 0) is 24.3 Å². The number of anilines is 1. The highest BCUT2D eigenvalue weighted by Crippen LogP contribution is 2.23. The lowest BCUT2D eigenvalue weighted by molar-refractivity contribution is -0.116. The van der Waals surface area contributed by atoms with Crippen molar-refractivity contribution in [3.63, 3.8) is 0 Å². The summed E-state index contributed by atoms with van der Waals surface area (Å²) in [6, 6.07) is 26.3. The van der Waals surface area contributed by atoms with Crippen molar-refractivity contribution in [1.29, 1.82) is 0 Å². The van der Waals surface area contributed by atoms with Crippen LogP contribution in [0.5, 0.6) is 0 Å². The van der Waals surface area contributed by atoms with Gasteiger partial charge in [-0.3, -0.25) is 18.7 Å². The largest absolute Gasteiger partial charge is 0.332 e. The minimum Gasteiger partial charge on any atom is -0.324 e. The maximum Gasteiger partial charge on any atom is 0.332 e. The van der Waals surface area contributed by atoms with E-state index >= 15 is 0 Å². The van der Waals surface area contributed by atoms with Crippen LogP contribution in [0, 0.1) is 0 Å². The van der Waals surface area contributed by atoms with E-state index in [9.17, 15) is 14.4 Å². The molecule has 34 heavy (non-hydrogen) atoms. The van der Waals surface area contributed by atoms with Crippen molar-refractivity contribution < 1.29 is 4.79 Å². The van der Waals surface area contributed by atoms with Crippen LogP contribution in [0.1, 0.15) is 5.56 Å². The molecule has 3 aromatic carbocycles. The molecule has 0 radical (unpaired) electrons. The molecule has 5 aromatic rings. The number of carbonyl (C=O) groups is 1. The fourth-order valence-corrected chi connectivity index (χ4v) is 4.15. The molecule has 0 aliphatic rings. The van der Waals surface area contributed by atoms with Crippen LogP contribution in [0.25, 0.3) is 21.8 Å². The van der Waals surface area contributed by atoms with Gasteiger partial charge >= 0.3 is 5.69 Å². The van der Waals surface area contributed by atoms with Crippen LogP contribution >= 0.6 is 0 Å². The Bertz CT molecular complexity index is 1620. The molecule has 0 aliphatic heterocycles. The minimum absolute atomic E-state index is 0.160. The minimum atomic E-state index is -0.533. The Hall–Kier alpha value is -4.52. The fourth-order valence-electron chi connectivity index (χ4n) is 4.15. The highest BCUT2D eigenvalue weighted by Gasteiger charge is 2.16. The van der Waals surface area contributed by atoms with Crippen LogP contribution in [0.15, 0.2) is 101 Å². The molecule has 0 bridgehead atoms. The number of hydrogen-bond donors (Lipinski definition) is 1. The quantitative estimate of drug-likeness (QED) is 0.428. The number of hydrogen-bond acceptors (Lipinski definition) is 4. The number of benzene rings is 3. The number of aromatic nitrogens is 3. The third kappa shape index (κ3) is 4.11. The van der Waals surface area contributed by atoms with Gasteiger partial charge in [-0.25, -0.2) is 9.78 Å². The number of aryl methyl sites for hydroxylation is 1. The van der Waals surface area contributed by atoms with Crippen LogP contribution in [0.4, 0.5) is 5.69 Å². The standard InChI is InChI=1S/C27H22N4O3/c32-24(29-22-13-6-11-20-10-4-5-12-21(20)22)18-31-23-14-7-16-28-25(23)26(33)30(27(31)34)17-15-19-8-2-1-3-9-19/h1-14,16H,15,17-18H2,(H,29,32). The molecule has 0 saturated heterocycles. The third-order valence-electron chi connectivity index (χ3n) is 5.82. The molecule has 2 heterocycles. The molecule has 0 fully saturated rings. The molecule has 0 saturated carbocycles. The first kappa shape index (κ1) is 21.3. The Balaban J connectivity index is 1.50. The van der Waals surface area contributed by atoms with E-state index in [1.165, 1.54) is 10.8 Å². The highest BCUT2D eigenvalue weighted by atomic mass is 16.2. The average molecular weight is 450 g/mol. The van der Waals surface area contributed by atoms with Crippen LogP contribution in [0.3, 0.4) is 0 Å². The molecular weight excluding hydrogens is 428 g/mol. The Kier molecular flexibility index (Phi) is 5.74. The zero-order chi connectivity index (χ0) is 23.5. The Morgan fingerprint density at radius 2 is 1.59 bits per heavy atom. The van der Waals surface area contributed by atoms with Crippen molar-refractivity contribution in [2.45, 2.75) is 19.5 Å². The van der Waals surface area contributed by atoms with E-state index in [1.807, 2.05) is 72.8 Å². The van der Waals surface area contributed by atoms with Gasteiger partial charge in [0.15, 0.2) is 5.52 Å². The molecule has 5 rings (SSSR count). The highest BCUT2D eigenvalue weighted by molar-refractivity contribution is 6.02. The van der Waals surface area contributed by atoms with Gasteiger partial charge in [-0.2, -0.15) is 0 Å². The summed E-state index contributed by atoms with van der Waals surface area (Å²) in [5, 5.41) is 4.82. The van der Waals surface area contributed by atoms with Gasteiger partial charge in [-0.05, 0) is 35.6 Å². The van der Waals surface area contributed by atoms with Crippen molar-refractivity contribution >= 4 is 33.4 Å². The topological polar surface area (TPSA) is 86.0 Å². The lowest BCUT2D eigenvalue weighted by Crippen LogP contribution is -2.42. The summed E-state index contributed by atoms with van der Waals surface area (Å²) in [6.45, 7) is -0.0466. The van der Waals surface area contributed by atoms with E-state index in [0.717, 1.165) is 20.9 Å². The Labute approximate surface area is 194 Å². The number of carbonyl (C=O) groups excluding carboxylic acids is 1. The second-order valence-corrected chi connectivity index (χ2v) is 8.01. The number of pyridine rings is 1. The number of rotatable bonds is 6. The zero-order valence-electron chi connectivity index (χ0n) is 18.3. The van der Waals surface area contributed by atoms with Crippen LogP contribution in [-0.4, -0.2) is 20.0 Å². The van der Waals surface area contributed by atoms with E-state index < -0.39 is 11.2 Å². The summed E-state index contributed by atoms with van der Waals surface area (Å²) in [5.74, 6) is -0.364. The van der Waals surface area contributed by atoms with Gasteiger partial charge in [0.2, 0.25) is 5.91 Å². The predicted octanol–water partition coefficient (Wildman–Crippen LogP) is 3.59. The lowest BCUT2D eigenvalue weighted by atomic mass is 10.1. The molecule has 0 aliphatic carbocycles. The van der Waals surface area contributed by atoms with E-state index in [1.54, 1.807) is 12.1 Å². The first-order chi connectivity index (χ1) is 16.6. The predicted molar refractivity (Wildman–Crippen MR) is 133 cm³/mol. The molecule has 7 nitrogen and oxygen atoms in total. The molecular formula is C27H22N4O3. The Morgan fingerprint density at radius 1 is 0.824 bits per heavy atom. The first-order valence-electron chi connectivity index (χ1n) is 11.0. The fraction of sp³-hybridized carbons (Fsp3) is 0.111. The summed E-state index contributed by atoms with van der Waals surface area (Å²) >= 11 is 0. The second-order valence-electron chi connectivity index (χ2n) is 8.01. The molecule has 2 aromatic heterocycles. The van der Waals surface area contributed by atoms with Crippen molar-refractivity contribution in [2.24, 2.45) is 0 Å². The second kappa shape index (κ2) is 9.15. The van der Waals surface area contributed by atoms with Gasteiger partial charge in [-0.1, -0.05) is 66.7 Å². The summed E-state index contributed by atoms with van der Waals surface area (Å²) in [4.78, 5) is 43.6. The zero-order valence-corrected chi connectivity index (χ0v) is 18.3. The normalized spacial score (nSPS) is 11.1. The molecule has 1 N–H and O–H groups in total. The van der Waals surface area contributed by atoms with Gasteiger partial charge in [0, 0.05) is 23.8 Å². The molecule has 0 spiro atoms. The Morgan fingerprint density at radius 3 is 2.44 bits per heavy atom. The number of nitrogens with zero attached hydrogens (tertiary/aromatic N) is 3. The summed E-state index contributed by atoms with van der Waals surface area (Å²) in [7, 11) is 0. The van der Waals surface area contributed by atoms with Gasteiger partial charge in [0.25, 0.3) is 5.56 Å². The summed E-state index contributed by atoms with van der Waals surface area (Å²) in [6.07, 6.45) is 2.02.